The Kier molecular flexibility index (Phi) is 2.74. The van der Waals surface area contributed by atoms with Gasteiger partial charge in [0.25, 0.3) is 0 Å². The fraction of sp³-hybridized carbons (Fsp3) is 0.875. The van der Waals surface area contributed by atoms with Gasteiger partial charge in [-0.25, -0.2) is 4.79 Å². The van der Waals surface area contributed by atoms with E-state index in [4.69, 9.17) is 4.74 Å². The second kappa shape index (κ2) is 3.60. The number of hydrogen-bond donors (Lipinski definition) is 1. The molecule has 0 radical (unpaired) electrons. The molecule has 1 rings (SSSR count). The van der Waals surface area contributed by atoms with Crippen LogP contribution in [0.1, 0.15) is 33.1 Å². The van der Waals surface area contributed by atoms with Crippen molar-refractivity contribution in [2.75, 3.05) is 0 Å². The van der Waals surface area contributed by atoms with Gasteiger partial charge in [0.05, 0.1) is 6.10 Å². The van der Waals surface area contributed by atoms with Gasteiger partial charge in [0.2, 0.25) is 0 Å². The van der Waals surface area contributed by atoms with Crippen molar-refractivity contribution in [3.8, 4) is 0 Å². The molecular weight excluding hydrogens is 142 g/mol. The first kappa shape index (κ1) is 8.37. The SMILES string of the molecule is CC(C)OC(=O)NC1CCC1. The second-order valence-electron chi connectivity index (χ2n) is 3.23. The van der Waals surface area contributed by atoms with Crippen LogP contribution in [0.4, 0.5) is 4.79 Å². The Labute approximate surface area is 67.1 Å². The summed E-state index contributed by atoms with van der Waals surface area (Å²) in [6.07, 6.45) is 3.15. The highest BCUT2D eigenvalue weighted by atomic mass is 16.6. The Morgan fingerprint density at radius 1 is 1.55 bits per heavy atom. The van der Waals surface area contributed by atoms with E-state index in [9.17, 15) is 4.79 Å². The standard InChI is InChI=1S/C8H15NO2/c1-6(2)11-8(10)9-7-4-3-5-7/h6-7H,3-5H2,1-2H3,(H,9,10). The molecule has 0 aliphatic heterocycles. The van der Waals surface area contributed by atoms with E-state index >= 15 is 0 Å². The molecule has 3 heteroatoms. The predicted octanol–water partition coefficient (Wildman–Crippen LogP) is 1.67. The molecule has 0 bridgehead atoms. The maximum absolute atomic E-state index is 10.9. The molecule has 1 amide bonds. The highest BCUT2D eigenvalue weighted by Gasteiger charge is 2.20. The quantitative estimate of drug-likeness (QED) is 0.662. The molecule has 1 fully saturated rings. The summed E-state index contributed by atoms with van der Waals surface area (Å²) >= 11 is 0. The molecule has 1 N–H and O–H groups in total. The van der Waals surface area contributed by atoms with Crippen LogP contribution in [0.2, 0.25) is 0 Å². The largest absolute Gasteiger partial charge is 0.447 e. The first-order valence-electron chi connectivity index (χ1n) is 4.15. The van der Waals surface area contributed by atoms with E-state index in [2.05, 4.69) is 5.32 Å². The van der Waals surface area contributed by atoms with E-state index in [1.54, 1.807) is 0 Å². The molecule has 0 unspecified atom stereocenters. The van der Waals surface area contributed by atoms with Crippen molar-refractivity contribution in [2.24, 2.45) is 0 Å². The van der Waals surface area contributed by atoms with Crippen molar-refractivity contribution >= 4 is 6.09 Å². The molecule has 0 aromatic carbocycles. The van der Waals surface area contributed by atoms with Gasteiger partial charge in [-0.15, -0.1) is 0 Å². The molecule has 1 aliphatic rings. The Morgan fingerprint density at radius 2 is 2.18 bits per heavy atom. The molecular formula is C8H15NO2. The van der Waals surface area contributed by atoms with E-state index in [1.807, 2.05) is 13.8 Å². The summed E-state index contributed by atoms with van der Waals surface area (Å²) in [7, 11) is 0. The van der Waals surface area contributed by atoms with Crippen molar-refractivity contribution in [3.05, 3.63) is 0 Å². The lowest BCUT2D eigenvalue weighted by Gasteiger charge is -2.26. The van der Waals surface area contributed by atoms with Crippen molar-refractivity contribution in [1.29, 1.82) is 0 Å². The smallest absolute Gasteiger partial charge is 0.407 e. The molecule has 0 aromatic rings. The van der Waals surface area contributed by atoms with Crippen LogP contribution in [0.25, 0.3) is 0 Å². The van der Waals surface area contributed by atoms with Crippen LogP contribution in [0, 0.1) is 0 Å². The van der Waals surface area contributed by atoms with Gasteiger partial charge in [0, 0.05) is 6.04 Å². The molecule has 0 atom stereocenters. The van der Waals surface area contributed by atoms with Crippen molar-refractivity contribution in [2.45, 2.75) is 45.3 Å². The van der Waals surface area contributed by atoms with Gasteiger partial charge >= 0.3 is 6.09 Å². The second-order valence-corrected chi connectivity index (χ2v) is 3.23. The average Bonchev–Trinajstić information content (AvgIpc) is 1.77. The van der Waals surface area contributed by atoms with Crippen LogP contribution < -0.4 is 5.32 Å². The third-order valence-corrected chi connectivity index (χ3v) is 1.77. The molecule has 0 spiro atoms. The molecule has 1 saturated carbocycles. The number of amides is 1. The number of alkyl carbamates (subject to hydrolysis) is 1. The summed E-state index contributed by atoms with van der Waals surface area (Å²) in [6, 6.07) is 0.376. The number of carbonyl (C=O) groups is 1. The Morgan fingerprint density at radius 3 is 2.55 bits per heavy atom. The summed E-state index contributed by atoms with van der Waals surface area (Å²) in [5.41, 5.74) is 0. The fourth-order valence-corrected chi connectivity index (χ4v) is 0.967. The van der Waals surface area contributed by atoms with E-state index in [0.717, 1.165) is 12.8 Å². The minimum atomic E-state index is -0.273. The Bertz CT molecular complexity index is 141. The average molecular weight is 157 g/mol. The molecule has 0 saturated heterocycles. The zero-order chi connectivity index (χ0) is 8.27. The molecule has 0 aromatic heterocycles. The topological polar surface area (TPSA) is 38.3 Å². The van der Waals surface area contributed by atoms with Gasteiger partial charge in [-0.05, 0) is 33.1 Å². The third kappa shape index (κ3) is 2.78. The first-order valence-corrected chi connectivity index (χ1v) is 4.15. The zero-order valence-corrected chi connectivity index (χ0v) is 7.09. The summed E-state index contributed by atoms with van der Waals surface area (Å²) in [5, 5.41) is 2.79. The van der Waals surface area contributed by atoms with Crippen LogP contribution in [0.15, 0.2) is 0 Å². The monoisotopic (exact) mass is 157 g/mol. The van der Waals surface area contributed by atoms with Gasteiger partial charge < -0.3 is 10.1 Å². The lowest BCUT2D eigenvalue weighted by atomic mass is 9.93. The zero-order valence-electron chi connectivity index (χ0n) is 7.09. The van der Waals surface area contributed by atoms with Crippen molar-refractivity contribution in [3.63, 3.8) is 0 Å². The molecule has 64 valence electrons. The van der Waals surface area contributed by atoms with E-state index in [1.165, 1.54) is 6.42 Å². The van der Waals surface area contributed by atoms with E-state index in [-0.39, 0.29) is 12.2 Å². The Hall–Kier alpha value is -0.730. The summed E-state index contributed by atoms with van der Waals surface area (Å²) in [4.78, 5) is 10.9. The highest BCUT2D eigenvalue weighted by molar-refractivity contribution is 5.67. The van der Waals surface area contributed by atoms with Gasteiger partial charge in [-0.2, -0.15) is 0 Å². The first-order chi connectivity index (χ1) is 5.18. The summed E-state index contributed by atoms with van der Waals surface area (Å²) in [5.74, 6) is 0. The minimum absolute atomic E-state index is 0.0184. The van der Waals surface area contributed by atoms with Crippen molar-refractivity contribution in [1.82, 2.24) is 5.32 Å². The lowest BCUT2D eigenvalue weighted by molar-refractivity contribution is 0.108. The lowest BCUT2D eigenvalue weighted by Crippen LogP contribution is -2.40. The number of hydrogen-bond acceptors (Lipinski definition) is 2. The maximum atomic E-state index is 10.9. The van der Waals surface area contributed by atoms with Gasteiger partial charge in [0.1, 0.15) is 0 Å². The number of ether oxygens (including phenoxy) is 1. The molecule has 11 heavy (non-hydrogen) atoms. The summed E-state index contributed by atoms with van der Waals surface area (Å²) in [6.45, 7) is 3.70. The van der Waals surface area contributed by atoms with Crippen LogP contribution in [-0.4, -0.2) is 18.2 Å². The van der Waals surface area contributed by atoms with Crippen molar-refractivity contribution < 1.29 is 9.53 Å². The predicted molar refractivity (Wildman–Crippen MR) is 42.4 cm³/mol. The van der Waals surface area contributed by atoms with Gasteiger partial charge in [0.15, 0.2) is 0 Å². The molecule has 1 aliphatic carbocycles. The molecule has 3 nitrogen and oxygen atoms in total. The van der Waals surface area contributed by atoms with E-state index < -0.39 is 0 Å². The van der Waals surface area contributed by atoms with Crippen LogP contribution in [-0.2, 0) is 4.74 Å². The van der Waals surface area contributed by atoms with E-state index in [0.29, 0.717) is 6.04 Å². The fourth-order valence-electron chi connectivity index (χ4n) is 0.967. The van der Waals surface area contributed by atoms with Gasteiger partial charge in [-0.3, -0.25) is 0 Å². The minimum Gasteiger partial charge on any atom is -0.447 e. The van der Waals surface area contributed by atoms with Crippen LogP contribution >= 0.6 is 0 Å². The van der Waals surface area contributed by atoms with Crippen LogP contribution in [0.3, 0.4) is 0 Å². The van der Waals surface area contributed by atoms with Crippen LogP contribution in [0.5, 0.6) is 0 Å². The number of carbonyl (C=O) groups excluding carboxylic acids is 1. The normalized spacial score (nSPS) is 17.7. The van der Waals surface area contributed by atoms with Gasteiger partial charge in [-0.1, -0.05) is 0 Å². The maximum Gasteiger partial charge on any atom is 0.407 e. The third-order valence-electron chi connectivity index (χ3n) is 1.77. The summed E-state index contributed by atoms with van der Waals surface area (Å²) < 4.78 is 4.91. The number of rotatable bonds is 2. The Balaban J connectivity index is 2.09. The number of nitrogens with one attached hydrogen (secondary N) is 1. The molecule has 0 heterocycles. The highest BCUT2D eigenvalue weighted by Crippen LogP contribution is 2.17.